The monoisotopic (exact) mass is 172 g/mol. The van der Waals surface area contributed by atoms with E-state index >= 15 is 0 Å². The Balaban J connectivity index is 3.10. The van der Waals surface area contributed by atoms with Gasteiger partial charge in [0.15, 0.2) is 0 Å². The van der Waals surface area contributed by atoms with Crippen LogP contribution in [0.25, 0.3) is 0 Å². The highest BCUT2D eigenvalue weighted by atomic mass is 32.1. The molecule has 1 aromatic heterocycles. The summed E-state index contributed by atoms with van der Waals surface area (Å²) in [6.07, 6.45) is 1.98. The third kappa shape index (κ3) is 1.98. The number of rotatable bonds is 2. The number of hydrogen-bond donors (Lipinski definition) is 3. The molecule has 0 aromatic carbocycles. The molecule has 0 atom stereocenters. The molecule has 0 fully saturated rings. The fourth-order valence-corrected chi connectivity index (χ4v) is 0.985. The van der Waals surface area contributed by atoms with Gasteiger partial charge in [-0.2, -0.15) is 12.6 Å². The minimum Gasteiger partial charge on any atom is -0.314 e. The second-order valence-corrected chi connectivity index (χ2v) is 2.52. The van der Waals surface area contributed by atoms with Crippen LogP contribution in [0, 0.1) is 0 Å². The molecule has 11 heavy (non-hydrogen) atoms. The van der Waals surface area contributed by atoms with Gasteiger partial charge in [0.05, 0.1) is 0 Å². The zero-order valence-electron chi connectivity index (χ0n) is 5.76. The van der Waals surface area contributed by atoms with Crippen LogP contribution in [0.4, 0.5) is 0 Å². The smallest absolute Gasteiger partial charge is 0.314 e. The zero-order chi connectivity index (χ0) is 8.27. The molecule has 0 aliphatic heterocycles. The van der Waals surface area contributed by atoms with E-state index in [0.717, 1.165) is 0 Å². The lowest BCUT2D eigenvalue weighted by Crippen LogP contribution is -2.24. The summed E-state index contributed by atoms with van der Waals surface area (Å²) in [5.74, 6) is 0.592. The molecule has 1 rings (SSSR count). The van der Waals surface area contributed by atoms with Crippen molar-refractivity contribution in [2.24, 2.45) is 0 Å². The summed E-state index contributed by atoms with van der Waals surface area (Å²) in [7, 11) is 0. The average Bonchev–Trinajstić information content (AvgIpc) is 1.95. The van der Waals surface area contributed by atoms with E-state index in [2.05, 4.69) is 22.6 Å². The van der Waals surface area contributed by atoms with Crippen LogP contribution in [-0.4, -0.2) is 15.7 Å². The molecule has 0 radical (unpaired) electrons. The number of hydrogen-bond acceptors (Lipinski definition) is 3. The molecule has 0 spiro atoms. The third-order valence-corrected chi connectivity index (χ3v) is 1.50. The van der Waals surface area contributed by atoms with Gasteiger partial charge in [-0.05, 0) is 12.2 Å². The molecule has 5 heteroatoms. The van der Waals surface area contributed by atoms with Crippen molar-refractivity contribution in [2.75, 3.05) is 5.75 Å². The fraction of sp³-hybridized carbons (Fsp3) is 0.333. The molecule has 60 valence electrons. The Kier molecular flexibility index (Phi) is 2.53. The maximum absolute atomic E-state index is 10.9. The summed E-state index contributed by atoms with van der Waals surface area (Å²) >= 11 is 3.96. The Hall–Kier alpha value is -0.970. The first kappa shape index (κ1) is 8.13. The largest absolute Gasteiger partial charge is 0.325 e. The predicted octanol–water partition coefficient (Wildman–Crippen LogP) is -0.465. The van der Waals surface area contributed by atoms with E-state index in [0.29, 0.717) is 17.7 Å². The molecule has 0 unspecified atom stereocenters. The van der Waals surface area contributed by atoms with Gasteiger partial charge >= 0.3 is 5.69 Å². The van der Waals surface area contributed by atoms with Gasteiger partial charge in [0, 0.05) is 11.8 Å². The van der Waals surface area contributed by atoms with Crippen LogP contribution < -0.4 is 11.2 Å². The van der Waals surface area contributed by atoms with E-state index in [4.69, 9.17) is 0 Å². The van der Waals surface area contributed by atoms with Crippen LogP contribution in [0.15, 0.2) is 15.8 Å². The van der Waals surface area contributed by atoms with Crippen molar-refractivity contribution in [3.63, 3.8) is 0 Å². The van der Waals surface area contributed by atoms with Crippen molar-refractivity contribution in [3.05, 3.63) is 32.6 Å². The van der Waals surface area contributed by atoms with Gasteiger partial charge in [-0.25, -0.2) is 4.79 Å². The molecule has 1 aromatic rings. The molecule has 0 aliphatic carbocycles. The minimum atomic E-state index is -0.474. The maximum atomic E-state index is 10.9. The minimum absolute atomic E-state index is 0.331. The first-order chi connectivity index (χ1) is 5.24. The van der Waals surface area contributed by atoms with Crippen LogP contribution in [0.3, 0.4) is 0 Å². The second kappa shape index (κ2) is 3.43. The Morgan fingerprint density at radius 3 is 2.73 bits per heavy atom. The highest BCUT2D eigenvalue weighted by Crippen LogP contribution is 1.87. The Bertz CT molecular complexity index is 341. The quantitative estimate of drug-likeness (QED) is 0.528. The molecule has 0 aliphatic rings. The van der Waals surface area contributed by atoms with Crippen LogP contribution in [0.1, 0.15) is 5.56 Å². The van der Waals surface area contributed by atoms with Crippen LogP contribution in [0.2, 0.25) is 0 Å². The molecule has 0 saturated heterocycles. The molecule has 2 N–H and O–H groups in total. The van der Waals surface area contributed by atoms with E-state index in [1.165, 1.54) is 6.20 Å². The normalized spacial score (nSPS) is 9.91. The Labute approximate surface area is 68.1 Å². The summed E-state index contributed by atoms with van der Waals surface area (Å²) in [6.45, 7) is 0. The number of aryl methyl sites for hydroxylation is 1. The van der Waals surface area contributed by atoms with Gasteiger partial charge in [-0.15, -0.1) is 0 Å². The van der Waals surface area contributed by atoms with Gasteiger partial charge in [-0.3, -0.25) is 9.78 Å². The first-order valence-corrected chi connectivity index (χ1v) is 3.79. The predicted molar refractivity (Wildman–Crippen MR) is 45.2 cm³/mol. The fourth-order valence-electron chi connectivity index (χ4n) is 0.744. The standard InChI is InChI=1S/C6H8N2O2S/c9-5-4(1-2-11)3-7-6(10)8-5/h3,11H,1-2H2,(H2,7,8,9,10). The van der Waals surface area contributed by atoms with Crippen molar-refractivity contribution in [1.29, 1.82) is 0 Å². The van der Waals surface area contributed by atoms with Gasteiger partial charge in [0.1, 0.15) is 0 Å². The zero-order valence-corrected chi connectivity index (χ0v) is 6.65. The summed E-state index contributed by atoms with van der Waals surface area (Å²) in [5.41, 5.74) is -0.250. The van der Waals surface area contributed by atoms with Crippen LogP contribution in [0.5, 0.6) is 0 Å². The van der Waals surface area contributed by atoms with Crippen molar-refractivity contribution < 1.29 is 0 Å². The van der Waals surface area contributed by atoms with Gasteiger partial charge in [0.2, 0.25) is 0 Å². The topological polar surface area (TPSA) is 65.7 Å². The molecule has 0 saturated carbocycles. The SMILES string of the molecule is O=c1[nH]cc(CCS)c(=O)[nH]1. The molecular weight excluding hydrogens is 164 g/mol. The number of thiol groups is 1. The highest BCUT2D eigenvalue weighted by molar-refractivity contribution is 7.80. The highest BCUT2D eigenvalue weighted by Gasteiger charge is 1.96. The second-order valence-electron chi connectivity index (χ2n) is 2.07. The number of aromatic nitrogens is 2. The average molecular weight is 172 g/mol. The van der Waals surface area contributed by atoms with Crippen molar-refractivity contribution in [1.82, 2.24) is 9.97 Å². The molecule has 0 amide bonds. The van der Waals surface area contributed by atoms with E-state index in [1.54, 1.807) is 0 Å². The Morgan fingerprint density at radius 1 is 1.45 bits per heavy atom. The van der Waals surface area contributed by atoms with Gasteiger partial charge in [-0.1, -0.05) is 0 Å². The Morgan fingerprint density at radius 2 is 2.18 bits per heavy atom. The van der Waals surface area contributed by atoms with Crippen LogP contribution in [-0.2, 0) is 6.42 Å². The summed E-state index contributed by atoms with van der Waals surface area (Å²) in [6, 6.07) is 0. The number of aromatic amines is 2. The van der Waals surface area contributed by atoms with Crippen molar-refractivity contribution in [3.8, 4) is 0 Å². The number of H-pyrrole nitrogens is 2. The maximum Gasteiger partial charge on any atom is 0.325 e. The van der Waals surface area contributed by atoms with E-state index in [9.17, 15) is 9.59 Å². The lowest BCUT2D eigenvalue weighted by Gasteiger charge is -1.92. The van der Waals surface area contributed by atoms with E-state index in [-0.39, 0.29) is 5.56 Å². The van der Waals surface area contributed by atoms with E-state index in [1.807, 2.05) is 0 Å². The first-order valence-electron chi connectivity index (χ1n) is 3.16. The third-order valence-electron chi connectivity index (χ3n) is 1.28. The van der Waals surface area contributed by atoms with Gasteiger partial charge < -0.3 is 4.98 Å². The van der Waals surface area contributed by atoms with E-state index < -0.39 is 5.69 Å². The molecular formula is C6H8N2O2S. The molecule has 1 heterocycles. The van der Waals surface area contributed by atoms with Crippen molar-refractivity contribution >= 4 is 12.6 Å². The molecule has 4 nitrogen and oxygen atoms in total. The summed E-state index contributed by atoms with van der Waals surface area (Å²) in [5, 5.41) is 0. The van der Waals surface area contributed by atoms with Crippen molar-refractivity contribution in [2.45, 2.75) is 6.42 Å². The summed E-state index contributed by atoms with van der Waals surface area (Å²) in [4.78, 5) is 25.9. The molecule has 0 bridgehead atoms. The lowest BCUT2D eigenvalue weighted by molar-refractivity contribution is 0.966. The van der Waals surface area contributed by atoms with Crippen LogP contribution >= 0.6 is 12.6 Å². The lowest BCUT2D eigenvalue weighted by atomic mass is 10.3. The summed E-state index contributed by atoms with van der Waals surface area (Å²) < 4.78 is 0. The number of nitrogens with one attached hydrogen (secondary N) is 2. The van der Waals surface area contributed by atoms with Gasteiger partial charge in [0.25, 0.3) is 5.56 Å².